The molecule has 0 aliphatic carbocycles. The van der Waals surface area contributed by atoms with Crippen molar-refractivity contribution in [3.05, 3.63) is 28.3 Å². The third kappa shape index (κ3) is 4.86. The minimum Gasteiger partial charge on any atom is -0.325 e. The highest BCUT2D eigenvalue weighted by Crippen LogP contribution is 2.35. The van der Waals surface area contributed by atoms with Gasteiger partial charge < -0.3 is 10.2 Å². The molecule has 1 aliphatic rings. The Hall–Kier alpha value is -2.33. The maximum absolute atomic E-state index is 12.7. The zero-order chi connectivity index (χ0) is 23.0. The van der Waals surface area contributed by atoms with E-state index in [1.54, 1.807) is 12.1 Å². The van der Waals surface area contributed by atoms with Crippen molar-refractivity contribution in [3.63, 3.8) is 0 Å². The van der Waals surface area contributed by atoms with E-state index in [0.29, 0.717) is 10.7 Å². The maximum atomic E-state index is 12.7. The molecule has 1 atom stereocenters. The topological polar surface area (TPSA) is 116 Å². The number of carbonyl (C=O) groups excluding carboxylic acids is 3. The van der Waals surface area contributed by atoms with E-state index in [2.05, 4.69) is 5.32 Å². The van der Waals surface area contributed by atoms with Crippen LogP contribution in [-0.2, 0) is 14.8 Å². The van der Waals surface area contributed by atoms with Crippen molar-refractivity contribution in [2.45, 2.75) is 44.8 Å². The molecule has 166 valence electrons. The smallest absolute Gasteiger partial charge is 0.325 e. The lowest BCUT2D eigenvalue weighted by molar-refractivity contribution is -0.129. The molecule has 1 saturated heterocycles. The predicted molar refractivity (Wildman–Crippen MR) is 115 cm³/mol. The lowest BCUT2D eigenvalue weighted by Gasteiger charge is -2.33. The van der Waals surface area contributed by atoms with Crippen LogP contribution in [0.5, 0.6) is 0 Å². The Labute approximate surface area is 181 Å². The van der Waals surface area contributed by atoms with E-state index < -0.39 is 33.2 Å². The fourth-order valence-electron chi connectivity index (χ4n) is 3.25. The van der Waals surface area contributed by atoms with Crippen molar-refractivity contribution in [1.29, 1.82) is 0 Å². The largest absolute Gasteiger partial charge is 0.332 e. The van der Waals surface area contributed by atoms with Crippen molar-refractivity contribution in [2.24, 2.45) is 0 Å². The van der Waals surface area contributed by atoms with Crippen LogP contribution >= 0.6 is 11.6 Å². The number of anilines is 1. The molecule has 1 aromatic rings. The number of benzene rings is 1. The van der Waals surface area contributed by atoms with E-state index in [1.165, 1.54) is 14.1 Å². The Morgan fingerprint density at radius 3 is 2.07 bits per heavy atom. The summed E-state index contributed by atoms with van der Waals surface area (Å²) >= 11 is 6.21. The third-order valence-electron chi connectivity index (χ3n) is 4.92. The Morgan fingerprint density at radius 1 is 1.10 bits per heavy atom. The molecule has 0 radical (unpaired) electrons. The number of rotatable bonds is 5. The molecule has 0 saturated carbocycles. The molecule has 1 heterocycles. The number of carbonyl (C=O) groups is 3. The number of imide groups is 1. The standard InChI is InChI=1S/C19H27ClN4O5S/c1-10(2)13-7-12(20)8-14(11(3)4)16(13)21-18(26)22-30(28,29)15-9-23(5)19(27)24(6)17(15)25/h7-8,10-11,15H,9H2,1-6H3,(H2,21,22,26). The monoisotopic (exact) mass is 458 g/mol. The molecule has 0 aromatic heterocycles. The molecule has 2 N–H and O–H groups in total. The molecule has 9 nitrogen and oxygen atoms in total. The molecule has 1 unspecified atom stereocenters. The average Bonchev–Trinajstić information content (AvgIpc) is 2.62. The second-order valence-electron chi connectivity index (χ2n) is 7.92. The van der Waals surface area contributed by atoms with E-state index in [9.17, 15) is 22.8 Å². The molecule has 2 rings (SSSR count). The van der Waals surface area contributed by atoms with E-state index in [-0.39, 0.29) is 18.4 Å². The molecule has 0 bridgehead atoms. The van der Waals surface area contributed by atoms with Gasteiger partial charge in [0.2, 0.25) is 10.0 Å². The van der Waals surface area contributed by atoms with Crippen LogP contribution in [0.1, 0.15) is 50.7 Å². The van der Waals surface area contributed by atoms with E-state index in [0.717, 1.165) is 20.9 Å². The summed E-state index contributed by atoms with van der Waals surface area (Å²) in [7, 11) is -1.81. The fraction of sp³-hybridized carbons (Fsp3) is 0.526. The molecular formula is C19H27ClN4O5S. The molecule has 1 aromatic carbocycles. The first-order chi connectivity index (χ1) is 13.8. The first-order valence-electron chi connectivity index (χ1n) is 9.44. The van der Waals surface area contributed by atoms with Gasteiger partial charge in [0.05, 0.1) is 0 Å². The van der Waals surface area contributed by atoms with Gasteiger partial charge in [0.25, 0.3) is 5.91 Å². The Morgan fingerprint density at radius 2 is 1.60 bits per heavy atom. The Kier molecular flexibility index (Phi) is 7.03. The summed E-state index contributed by atoms with van der Waals surface area (Å²) in [6, 6.07) is 1.85. The number of urea groups is 2. The van der Waals surface area contributed by atoms with Crippen LogP contribution in [0.2, 0.25) is 5.02 Å². The van der Waals surface area contributed by atoms with Gasteiger partial charge in [-0.15, -0.1) is 0 Å². The normalized spacial score (nSPS) is 17.7. The zero-order valence-corrected chi connectivity index (χ0v) is 19.4. The number of amides is 5. The minimum absolute atomic E-state index is 0.0151. The molecular weight excluding hydrogens is 432 g/mol. The van der Waals surface area contributed by atoms with Crippen molar-refractivity contribution < 1.29 is 22.8 Å². The van der Waals surface area contributed by atoms with Gasteiger partial charge >= 0.3 is 12.1 Å². The van der Waals surface area contributed by atoms with Crippen LogP contribution in [0.15, 0.2) is 12.1 Å². The summed E-state index contributed by atoms with van der Waals surface area (Å²) < 4.78 is 27.3. The van der Waals surface area contributed by atoms with E-state index >= 15 is 0 Å². The molecule has 1 aliphatic heterocycles. The molecule has 30 heavy (non-hydrogen) atoms. The second kappa shape index (κ2) is 8.81. The minimum atomic E-state index is -4.39. The lowest BCUT2D eigenvalue weighted by Crippen LogP contribution is -2.60. The summed E-state index contributed by atoms with van der Waals surface area (Å²) in [4.78, 5) is 38.6. The quantitative estimate of drug-likeness (QED) is 0.703. The van der Waals surface area contributed by atoms with Crippen molar-refractivity contribution in [3.8, 4) is 0 Å². The molecule has 5 amide bonds. The highest BCUT2D eigenvalue weighted by Gasteiger charge is 2.43. The van der Waals surface area contributed by atoms with Gasteiger partial charge in [-0.05, 0) is 35.1 Å². The average molecular weight is 459 g/mol. The van der Waals surface area contributed by atoms with Gasteiger partial charge in [-0.2, -0.15) is 0 Å². The van der Waals surface area contributed by atoms with Gasteiger partial charge in [-0.1, -0.05) is 39.3 Å². The number of halogens is 1. The summed E-state index contributed by atoms with van der Waals surface area (Å²) in [6.45, 7) is 7.37. The van der Waals surface area contributed by atoms with Crippen molar-refractivity contribution in [1.82, 2.24) is 14.5 Å². The van der Waals surface area contributed by atoms with E-state index in [4.69, 9.17) is 11.6 Å². The number of nitrogens with one attached hydrogen (secondary N) is 2. The van der Waals surface area contributed by atoms with Gasteiger partial charge in [-0.3, -0.25) is 9.69 Å². The van der Waals surface area contributed by atoms with Crippen LogP contribution in [0.3, 0.4) is 0 Å². The molecule has 1 fully saturated rings. The van der Waals surface area contributed by atoms with Crippen LogP contribution in [0.4, 0.5) is 15.3 Å². The summed E-state index contributed by atoms with van der Waals surface area (Å²) in [6.07, 6.45) is 0. The third-order valence-corrected chi connectivity index (χ3v) is 6.70. The van der Waals surface area contributed by atoms with Crippen LogP contribution in [0, 0.1) is 0 Å². The van der Waals surface area contributed by atoms with E-state index in [1.807, 2.05) is 32.4 Å². The number of sulfonamides is 1. The first-order valence-corrected chi connectivity index (χ1v) is 11.4. The van der Waals surface area contributed by atoms with Crippen molar-refractivity contribution >= 4 is 45.3 Å². The Balaban J connectivity index is 2.31. The molecule has 11 heteroatoms. The Bertz CT molecular complexity index is 948. The number of nitrogens with zero attached hydrogens (tertiary/aromatic N) is 2. The van der Waals surface area contributed by atoms with Gasteiger partial charge in [0.1, 0.15) is 0 Å². The second-order valence-corrected chi connectivity index (χ2v) is 10.2. The maximum Gasteiger partial charge on any atom is 0.332 e. The first kappa shape index (κ1) is 23.9. The van der Waals surface area contributed by atoms with Gasteiger partial charge in [-0.25, -0.2) is 22.7 Å². The molecule has 0 spiro atoms. The van der Waals surface area contributed by atoms with Gasteiger partial charge in [0, 0.05) is 31.4 Å². The highest BCUT2D eigenvalue weighted by atomic mass is 35.5. The highest BCUT2D eigenvalue weighted by molar-refractivity contribution is 7.91. The summed E-state index contributed by atoms with van der Waals surface area (Å²) in [5, 5.41) is 1.55. The number of hydrogen-bond acceptors (Lipinski definition) is 5. The predicted octanol–water partition coefficient (Wildman–Crippen LogP) is 2.93. The van der Waals surface area contributed by atoms with Crippen LogP contribution in [0.25, 0.3) is 0 Å². The van der Waals surface area contributed by atoms with Crippen LogP contribution < -0.4 is 10.0 Å². The van der Waals surface area contributed by atoms with Crippen LogP contribution in [-0.4, -0.2) is 62.1 Å². The zero-order valence-electron chi connectivity index (χ0n) is 17.8. The number of hydrogen-bond donors (Lipinski definition) is 2. The lowest BCUT2D eigenvalue weighted by atomic mass is 9.92. The SMILES string of the molecule is CC(C)c1cc(Cl)cc(C(C)C)c1NC(=O)NS(=O)(=O)C1CN(C)C(=O)N(C)C1=O. The summed E-state index contributed by atoms with van der Waals surface area (Å²) in [5.41, 5.74) is 2.01. The van der Waals surface area contributed by atoms with Gasteiger partial charge in [0.15, 0.2) is 5.25 Å². The fourth-order valence-corrected chi connectivity index (χ4v) is 4.78. The van der Waals surface area contributed by atoms with Crippen molar-refractivity contribution in [2.75, 3.05) is 26.0 Å². The summed E-state index contributed by atoms with van der Waals surface area (Å²) in [5.74, 6) is -0.863.